The third kappa shape index (κ3) is 3.03. The van der Waals surface area contributed by atoms with Gasteiger partial charge in [0.05, 0.1) is 12.7 Å². The first-order valence-electron chi connectivity index (χ1n) is 7.01. The summed E-state index contributed by atoms with van der Waals surface area (Å²) in [5.41, 5.74) is 4.49. The molecule has 0 spiro atoms. The highest BCUT2D eigenvalue weighted by Gasteiger charge is 2.26. The number of phenols is 2. The molecule has 0 aliphatic heterocycles. The second-order valence-electron chi connectivity index (χ2n) is 5.50. The molecule has 1 aromatic rings. The molecule has 0 radical (unpaired) electrons. The molecule has 1 aliphatic rings. The van der Waals surface area contributed by atoms with Crippen LogP contribution in [0.25, 0.3) is 0 Å². The third-order valence-corrected chi connectivity index (χ3v) is 3.88. The fourth-order valence-electron chi connectivity index (χ4n) is 2.93. The number of amides is 1. The van der Waals surface area contributed by atoms with Crippen LogP contribution in [0, 0.1) is 6.92 Å². The average Bonchev–Trinajstić information content (AvgIpc) is 2.38. The molecule has 2 rings (SSSR count). The highest BCUT2D eigenvalue weighted by atomic mass is 16.6. The summed E-state index contributed by atoms with van der Waals surface area (Å²) in [6.45, 7) is 3.70. The van der Waals surface area contributed by atoms with E-state index in [1.54, 1.807) is 6.92 Å². The van der Waals surface area contributed by atoms with Gasteiger partial charge in [0, 0.05) is 11.5 Å². The van der Waals surface area contributed by atoms with Gasteiger partial charge in [-0.1, -0.05) is 11.6 Å². The van der Waals surface area contributed by atoms with Crippen molar-refractivity contribution in [3.05, 3.63) is 34.4 Å². The van der Waals surface area contributed by atoms with Crippen LogP contribution >= 0.6 is 0 Å². The van der Waals surface area contributed by atoms with Crippen molar-refractivity contribution >= 4 is 5.91 Å². The van der Waals surface area contributed by atoms with Crippen molar-refractivity contribution in [1.82, 2.24) is 5.48 Å². The maximum atomic E-state index is 12.0. The number of nitrogens with one attached hydrogen (secondary N) is 1. The third-order valence-electron chi connectivity index (χ3n) is 3.88. The van der Waals surface area contributed by atoms with Crippen LogP contribution in [0.2, 0.25) is 0 Å². The zero-order chi connectivity index (χ0) is 15.6. The van der Waals surface area contributed by atoms with Gasteiger partial charge in [0.2, 0.25) is 0 Å². The first-order valence-corrected chi connectivity index (χ1v) is 7.01. The first kappa shape index (κ1) is 15.4. The minimum atomic E-state index is -0.523. The highest BCUT2D eigenvalue weighted by Crippen LogP contribution is 2.43. The van der Waals surface area contributed by atoms with Crippen LogP contribution in [-0.2, 0) is 4.84 Å². The predicted molar refractivity (Wildman–Crippen MR) is 79.3 cm³/mol. The zero-order valence-corrected chi connectivity index (χ0v) is 12.6. The van der Waals surface area contributed by atoms with E-state index in [0.29, 0.717) is 11.1 Å². The molecule has 1 atom stereocenters. The molecular formula is C16H21NO4. The fourth-order valence-corrected chi connectivity index (χ4v) is 2.93. The summed E-state index contributed by atoms with van der Waals surface area (Å²) in [5, 5.41) is 20.7. The predicted octanol–water partition coefficient (Wildman–Crippen LogP) is 2.91. The van der Waals surface area contributed by atoms with E-state index in [9.17, 15) is 15.0 Å². The Morgan fingerprint density at radius 3 is 2.71 bits per heavy atom. The molecular weight excluding hydrogens is 270 g/mol. The molecule has 0 saturated carbocycles. The molecule has 5 nitrogen and oxygen atoms in total. The van der Waals surface area contributed by atoms with Crippen LogP contribution in [0.3, 0.4) is 0 Å². The lowest BCUT2D eigenvalue weighted by Gasteiger charge is -2.23. The Balaban J connectivity index is 2.54. The Kier molecular flexibility index (Phi) is 4.53. The van der Waals surface area contributed by atoms with E-state index in [4.69, 9.17) is 0 Å². The van der Waals surface area contributed by atoms with E-state index < -0.39 is 5.91 Å². The topological polar surface area (TPSA) is 78.8 Å². The van der Waals surface area contributed by atoms with Crippen molar-refractivity contribution in [2.75, 3.05) is 7.11 Å². The summed E-state index contributed by atoms with van der Waals surface area (Å²) in [6.07, 6.45) is 4.92. The number of carbonyl (C=O) groups excluding carboxylic acids is 1. The molecule has 3 N–H and O–H groups in total. The van der Waals surface area contributed by atoms with Gasteiger partial charge in [-0.25, -0.2) is 5.48 Å². The SMILES string of the molecule is CONC(=O)c1c(C)cc(O)c(C2C=C(C)CCC2)c1O. The molecule has 0 fully saturated rings. The van der Waals surface area contributed by atoms with Crippen molar-refractivity contribution < 1.29 is 19.8 Å². The lowest BCUT2D eigenvalue weighted by Crippen LogP contribution is -2.23. The summed E-state index contributed by atoms with van der Waals surface area (Å²) in [6, 6.07) is 1.51. The van der Waals surface area contributed by atoms with E-state index in [0.717, 1.165) is 19.3 Å². The average molecular weight is 291 g/mol. The quantitative estimate of drug-likeness (QED) is 0.591. The lowest BCUT2D eigenvalue weighted by atomic mass is 9.83. The van der Waals surface area contributed by atoms with Crippen LogP contribution < -0.4 is 5.48 Å². The molecule has 21 heavy (non-hydrogen) atoms. The summed E-state index contributed by atoms with van der Waals surface area (Å²) >= 11 is 0. The molecule has 114 valence electrons. The van der Waals surface area contributed by atoms with Gasteiger partial charge in [0.1, 0.15) is 11.5 Å². The molecule has 0 heterocycles. The minimum absolute atomic E-state index is 0.0231. The van der Waals surface area contributed by atoms with Crippen LogP contribution in [0.4, 0.5) is 0 Å². The number of hydrogen-bond donors (Lipinski definition) is 3. The number of carbonyl (C=O) groups is 1. The Morgan fingerprint density at radius 2 is 2.10 bits per heavy atom. The van der Waals surface area contributed by atoms with Crippen molar-refractivity contribution in [2.24, 2.45) is 0 Å². The Hall–Kier alpha value is -2.01. The normalized spacial score (nSPS) is 18.2. The van der Waals surface area contributed by atoms with Crippen LogP contribution in [0.5, 0.6) is 11.5 Å². The van der Waals surface area contributed by atoms with Crippen molar-refractivity contribution in [1.29, 1.82) is 0 Å². The van der Waals surface area contributed by atoms with E-state index in [-0.39, 0.29) is 23.0 Å². The molecule has 5 heteroatoms. The van der Waals surface area contributed by atoms with Crippen molar-refractivity contribution in [3.8, 4) is 11.5 Å². The standard InChI is InChI=1S/C16H21NO4/c1-9-5-4-6-11(7-9)14-12(18)8-10(2)13(15(14)19)16(20)17-21-3/h7-8,11,18-19H,4-6H2,1-3H3,(H,17,20). The lowest BCUT2D eigenvalue weighted by molar-refractivity contribution is 0.0534. The number of benzene rings is 1. The molecule has 1 aromatic carbocycles. The van der Waals surface area contributed by atoms with Gasteiger partial charge in [0.25, 0.3) is 5.91 Å². The van der Waals surface area contributed by atoms with Gasteiger partial charge in [-0.2, -0.15) is 0 Å². The largest absolute Gasteiger partial charge is 0.507 e. The van der Waals surface area contributed by atoms with E-state index in [1.807, 2.05) is 13.0 Å². The first-order chi connectivity index (χ1) is 9.95. The number of phenolic OH excluding ortho intramolecular Hbond substituents is 2. The summed E-state index contributed by atoms with van der Waals surface area (Å²) in [7, 11) is 1.33. The Bertz CT molecular complexity index is 592. The second-order valence-corrected chi connectivity index (χ2v) is 5.50. The van der Waals surface area contributed by atoms with Gasteiger partial charge in [-0.15, -0.1) is 0 Å². The number of aryl methyl sites for hydroxylation is 1. The van der Waals surface area contributed by atoms with Crippen LogP contribution in [0.15, 0.2) is 17.7 Å². The number of aromatic hydroxyl groups is 2. The molecule has 1 aliphatic carbocycles. The van der Waals surface area contributed by atoms with Gasteiger partial charge in [0.15, 0.2) is 0 Å². The smallest absolute Gasteiger partial charge is 0.278 e. The van der Waals surface area contributed by atoms with Crippen LogP contribution in [0.1, 0.15) is 53.6 Å². The van der Waals surface area contributed by atoms with E-state index >= 15 is 0 Å². The number of rotatable bonds is 3. The van der Waals surface area contributed by atoms with E-state index in [2.05, 4.69) is 10.3 Å². The van der Waals surface area contributed by atoms with Gasteiger partial charge < -0.3 is 10.2 Å². The number of hydrogen-bond acceptors (Lipinski definition) is 4. The van der Waals surface area contributed by atoms with Gasteiger partial charge >= 0.3 is 0 Å². The fraction of sp³-hybridized carbons (Fsp3) is 0.438. The molecule has 1 unspecified atom stereocenters. The Morgan fingerprint density at radius 1 is 1.38 bits per heavy atom. The van der Waals surface area contributed by atoms with Gasteiger partial charge in [-0.3, -0.25) is 9.63 Å². The highest BCUT2D eigenvalue weighted by molar-refractivity contribution is 5.98. The van der Waals surface area contributed by atoms with E-state index in [1.165, 1.54) is 18.7 Å². The number of allylic oxidation sites excluding steroid dienone is 2. The molecule has 0 aromatic heterocycles. The maximum Gasteiger partial charge on any atom is 0.278 e. The molecule has 0 bridgehead atoms. The Labute approximate surface area is 124 Å². The second kappa shape index (κ2) is 6.18. The number of hydroxylamine groups is 1. The maximum absolute atomic E-state index is 12.0. The zero-order valence-electron chi connectivity index (χ0n) is 12.6. The van der Waals surface area contributed by atoms with Crippen LogP contribution in [-0.4, -0.2) is 23.2 Å². The van der Waals surface area contributed by atoms with Gasteiger partial charge in [-0.05, 0) is 44.7 Å². The minimum Gasteiger partial charge on any atom is -0.507 e. The molecule has 0 saturated heterocycles. The summed E-state index contributed by atoms with van der Waals surface area (Å²) in [5.74, 6) is -0.744. The summed E-state index contributed by atoms with van der Waals surface area (Å²) in [4.78, 5) is 16.6. The molecule has 1 amide bonds. The van der Waals surface area contributed by atoms with Crippen molar-refractivity contribution in [2.45, 2.75) is 39.0 Å². The van der Waals surface area contributed by atoms with Crippen molar-refractivity contribution in [3.63, 3.8) is 0 Å². The monoisotopic (exact) mass is 291 g/mol. The summed E-state index contributed by atoms with van der Waals surface area (Å²) < 4.78 is 0.